The zero-order valence-electron chi connectivity index (χ0n) is 20.5. The normalized spacial score (nSPS) is 20.9. The number of nitrogens with zero attached hydrogens (tertiary/aromatic N) is 3. The quantitative estimate of drug-likeness (QED) is 0.499. The van der Waals surface area contributed by atoms with Crippen molar-refractivity contribution in [1.82, 2.24) is 14.9 Å². The van der Waals surface area contributed by atoms with Gasteiger partial charge in [0.25, 0.3) is 0 Å². The van der Waals surface area contributed by atoms with E-state index in [0.29, 0.717) is 66.6 Å². The lowest BCUT2D eigenvalue weighted by Gasteiger charge is -2.31. The summed E-state index contributed by atoms with van der Waals surface area (Å²) in [6.45, 7) is 7.93. The molecule has 1 aromatic carbocycles. The van der Waals surface area contributed by atoms with Crippen LogP contribution in [0.5, 0.6) is 17.5 Å². The lowest BCUT2D eigenvalue weighted by Crippen LogP contribution is -2.42. The van der Waals surface area contributed by atoms with Crippen molar-refractivity contribution in [2.75, 3.05) is 32.9 Å². The molecule has 2 fully saturated rings. The minimum absolute atomic E-state index is 0.0708. The summed E-state index contributed by atoms with van der Waals surface area (Å²) in [5, 5.41) is 0.399. The Kier molecular flexibility index (Phi) is 9.00. The van der Waals surface area contributed by atoms with Crippen molar-refractivity contribution in [2.45, 2.75) is 45.6 Å². The average Bonchev–Trinajstić information content (AvgIpc) is 2.87. The maximum absolute atomic E-state index is 12.2. The minimum Gasteiger partial charge on any atom is -0.474 e. The molecule has 1 aromatic heterocycles. The number of hydrogen-bond acceptors (Lipinski definition) is 9. The van der Waals surface area contributed by atoms with Crippen molar-refractivity contribution in [3.63, 3.8) is 0 Å². The van der Waals surface area contributed by atoms with Crippen LogP contribution in [-0.2, 0) is 24.5 Å². The molecule has 2 saturated heterocycles. The van der Waals surface area contributed by atoms with Crippen LogP contribution in [-0.4, -0.2) is 64.2 Å². The molecule has 0 unspecified atom stereocenters. The summed E-state index contributed by atoms with van der Waals surface area (Å²) < 4.78 is 38.8. The molecule has 2 aliphatic heterocycles. The van der Waals surface area contributed by atoms with Crippen LogP contribution in [0.3, 0.4) is 0 Å². The molecule has 2 aromatic rings. The highest BCUT2D eigenvalue weighted by molar-refractivity contribution is 7.75. The van der Waals surface area contributed by atoms with Gasteiger partial charge in [-0.05, 0) is 30.5 Å². The fraction of sp³-hybridized carbons (Fsp3) is 0.542. The van der Waals surface area contributed by atoms with E-state index in [-0.39, 0.29) is 31.3 Å². The van der Waals surface area contributed by atoms with Crippen LogP contribution in [0.4, 0.5) is 4.79 Å². The highest BCUT2D eigenvalue weighted by Gasteiger charge is 2.27. The molecule has 0 bridgehead atoms. The monoisotopic (exact) mass is 539 g/mol. The zero-order valence-corrected chi connectivity index (χ0v) is 22.0. The molecule has 10 nitrogen and oxygen atoms in total. The van der Waals surface area contributed by atoms with Crippen LogP contribution < -0.4 is 9.47 Å². The number of carbonyl (C=O) groups is 1. The number of hydrogen-bond donors (Lipinski definition) is 0. The van der Waals surface area contributed by atoms with Crippen molar-refractivity contribution in [2.24, 2.45) is 5.92 Å². The molecule has 2 aliphatic rings. The van der Waals surface area contributed by atoms with Gasteiger partial charge in [-0.1, -0.05) is 31.5 Å². The SMILES string of the molecule is Cc1c(Oc2ccc([C@H]3CO[S@](=O)OC3)cc2Cl)ncnc1OC1CCN(C(=O)OCC(C)C)CC1. The average molecular weight is 540 g/mol. The number of aromatic nitrogens is 2. The van der Waals surface area contributed by atoms with Gasteiger partial charge < -0.3 is 19.1 Å². The third-order valence-corrected chi connectivity index (χ3v) is 6.83. The van der Waals surface area contributed by atoms with Crippen LogP contribution in [0.15, 0.2) is 24.5 Å². The predicted molar refractivity (Wildman–Crippen MR) is 132 cm³/mol. The van der Waals surface area contributed by atoms with E-state index < -0.39 is 11.4 Å². The lowest BCUT2D eigenvalue weighted by atomic mass is 10.0. The van der Waals surface area contributed by atoms with Crippen LogP contribution in [0, 0.1) is 12.8 Å². The Bertz CT molecular complexity index is 1090. The molecule has 0 atom stereocenters. The number of rotatable bonds is 7. The van der Waals surface area contributed by atoms with Gasteiger partial charge in [0, 0.05) is 31.8 Å². The Morgan fingerprint density at radius 2 is 1.89 bits per heavy atom. The lowest BCUT2D eigenvalue weighted by molar-refractivity contribution is 0.0603. The van der Waals surface area contributed by atoms with Gasteiger partial charge in [0.05, 0.1) is 30.4 Å². The van der Waals surface area contributed by atoms with Gasteiger partial charge in [0.1, 0.15) is 18.2 Å². The Morgan fingerprint density at radius 3 is 2.56 bits per heavy atom. The molecule has 36 heavy (non-hydrogen) atoms. The van der Waals surface area contributed by atoms with Crippen LogP contribution in [0.1, 0.15) is 43.7 Å². The van der Waals surface area contributed by atoms with E-state index in [9.17, 15) is 9.00 Å². The molecular formula is C24H30ClN3O7S. The molecular weight excluding hydrogens is 510 g/mol. The molecule has 0 saturated carbocycles. The van der Waals surface area contributed by atoms with Crippen molar-refractivity contribution in [3.05, 3.63) is 40.7 Å². The van der Waals surface area contributed by atoms with E-state index in [1.54, 1.807) is 17.0 Å². The Hall–Kier alpha value is -2.47. The summed E-state index contributed by atoms with van der Waals surface area (Å²) in [4.78, 5) is 22.4. The molecule has 12 heteroatoms. The molecule has 0 N–H and O–H groups in total. The molecule has 196 valence electrons. The number of carbonyl (C=O) groups excluding carboxylic acids is 1. The summed E-state index contributed by atoms with van der Waals surface area (Å²) in [6.07, 6.45) is 2.36. The van der Waals surface area contributed by atoms with Crippen molar-refractivity contribution < 1.29 is 31.6 Å². The fourth-order valence-electron chi connectivity index (χ4n) is 3.79. The van der Waals surface area contributed by atoms with E-state index in [1.165, 1.54) is 6.33 Å². The number of ether oxygens (including phenoxy) is 3. The summed E-state index contributed by atoms with van der Waals surface area (Å²) in [5.41, 5.74) is 1.54. The third kappa shape index (κ3) is 6.84. The van der Waals surface area contributed by atoms with Crippen LogP contribution in [0.2, 0.25) is 5.02 Å². The Labute approximate surface area is 218 Å². The van der Waals surface area contributed by atoms with Crippen LogP contribution >= 0.6 is 11.6 Å². The smallest absolute Gasteiger partial charge is 0.409 e. The molecule has 0 spiro atoms. The van der Waals surface area contributed by atoms with Gasteiger partial charge in [0.15, 0.2) is 0 Å². The first-order valence-electron chi connectivity index (χ1n) is 11.9. The van der Waals surface area contributed by atoms with Crippen molar-refractivity contribution in [1.29, 1.82) is 0 Å². The van der Waals surface area contributed by atoms with Crippen molar-refractivity contribution >= 4 is 29.1 Å². The Balaban J connectivity index is 1.35. The number of benzene rings is 1. The van der Waals surface area contributed by atoms with E-state index in [0.717, 1.165) is 5.56 Å². The highest BCUT2D eigenvalue weighted by Crippen LogP contribution is 2.35. The van der Waals surface area contributed by atoms with Gasteiger partial charge in [-0.15, -0.1) is 0 Å². The molecule has 1 amide bonds. The highest BCUT2D eigenvalue weighted by atomic mass is 35.5. The number of piperidine rings is 1. The van der Waals surface area contributed by atoms with Crippen LogP contribution in [0.25, 0.3) is 0 Å². The van der Waals surface area contributed by atoms with E-state index in [2.05, 4.69) is 9.97 Å². The van der Waals surface area contributed by atoms with Gasteiger partial charge in [-0.25, -0.2) is 14.8 Å². The first-order valence-corrected chi connectivity index (χ1v) is 13.2. The predicted octanol–water partition coefficient (Wildman–Crippen LogP) is 4.58. The largest absolute Gasteiger partial charge is 0.474 e. The second kappa shape index (κ2) is 12.2. The first kappa shape index (κ1) is 26.6. The third-order valence-electron chi connectivity index (χ3n) is 5.88. The van der Waals surface area contributed by atoms with Gasteiger partial charge in [0.2, 0.25) is 11.8 Å². The standard InChI is InChI=1S/C24H30ClN3O7S/c1-15(2)11-31-24(29)28-8-6-19(7-9-28)34-22-16(3)23(27-14-26-22)35-21-5-4-17(10-20(21)25)18-12-32-36(30)33-13-18/h4-5,10,14-15,18-19H,6-9,11-13H2,1-3H3/t18-,36-. The first-order chi connectivity index (χ1) is 17.3. The number of likely N-dealkylation sites (tertiary alicyclic amines) is 1. The molecule has 3 heterocycles. The summed E-state index contributed by atoms with van der Waals surface area (Å²) >= 11 is 4.78. The summed E-state index contributed by atoms with van der Waals surface area (Å²) in [5.74, 6) is 1.43. The van der Waals surface area contributed by atoms with E-state index in [1.807, 2.05) is 26.8 Å². The summed E-state index contributed by atoms with van der Waals surface area (Å²) in [7, 11) is 0. The number of halogens is 1. The second-order valence-electron chi connectivity index (χ2n) is 9.15. The molecule has 4 rings (SSSR count). The van der Waals surface area contributed by atoms with Crippen molar-refractivity contribution in [3.8, 4) is 17.5 Å². The van der Waals surface area contributed by atoms with Gasteiger partial charge in [-0.2, -0.15) is 4.21 Å². The Morgan fingerprint density at radius 1 is 1.19 bits per heavy atom. The molecule has 0 radical (unpaired) electrons. The van der Waals surface area contributed by atoms with E-state index >= 15 is 0 Å². The summed E-state index contributed by atoms with van der Waals surface area (Å²) in [6, 6.07) is 5.39. The van der Waals surface area contributed by atoms with E-state index in [4.69, 9.17) is 34.2 Å². The molecule has 0 aliphatic carbocycles. The maximum atomic E-state index is 12.2. The number of amides is 1. The minimum atomic E-state index is -1.69. The van der Waals surface area contributed by atoms with Gasteiger partial charge in [-0.3, -0.25) is 8.37 Å². The fourth-order valence-corrected chi connectivity index (χ4v) is 4.64. The zero-order chi connectivity index (χ0) is 25.7. The maximum Gasteiger partial charge on any atom is 0.409 e. The van der Waals surface area contributed by atoms with Gasteiger partial charge >= 0.3 is 17.5 Å². The topological polar surface area (TPSA) is 109 Å². The second-order valence-corrected chi connectivity index (χ2v) is 10.4.